The lowest BCUT2D eigenvalue weighted by Gasteiger charge is -2.40. The average molecular weight is 226 g/mol. The number of carbonyl (C=O) groups is 1. The summed E-state index contributed by atoms with van der Waals surface area (Å²) in [6.45, 7) is 0.742. The van der Waals surface area contributed by atoms with Gasteiger partial charge in [0.15, 0.2) is 0 Å². The molecule has 0 aromatic carbocycles. The summed E-state index contributed by atoms with van der Waals surface area (Å²) in [5.41, 5.74) is 5.26. The molecule has 2 atom stereocenters. The monoisotopic (exact) mass is 226 g/mol. The standard InChI is InChI=1S/C10H19BN2O3/c12-8-3-6-13-10(7-8)4-1-2-5-11(15)16-9(10)14/h8,13,15H,1-7,12H2/t8-,10-/m0/s1. The van der Waals surface area contributed by atoms with Gasteiger partial charge in [0.25, 0.3) is 0 Å². The molecule has 2 rings (SSSR count). The van der Waals surface area contributed by atoms with Crippen molar-refractivity contribution in [3.63, 3.8) is 0 Å². The second kappa shape index (κ2) is 4.73. The first kappa shape index (κ1) is 11.9. The van der Waals surface area contributed by atoms with Gasteiger partial charge in [-0.15, -0.1) is 0 Å². The first-order chi connectivity index (χ1) is 7.62. The van der Waals surface area contributed by atoms with Crippen molar-refractivity contribution in [3.05, 3.63) is 0 Å². The minimum absolute atomic E-state index is 0.0466. The Morgan fingerprint density at radius 3 is 3.12 bits per heavy atom. The molecule has 0 radical (unpaired) electrons. The summed E-state index contributed by atoms with van der Waals surface area (Å²) in [5, 5.41) is 12.7. The van der Waals surface area contributed by atoms with E-state index in [1.165, 1.54) is 0 Å². The number of piperidine rings is 1. The van der Waals surface area contributed by atoms with Crippen LogP contribution in [0.3, 0.4) is 0 Å². The first-order valence-corrected chi connectivity index (χ1v) is 6.02. The molecule has 2 aliphatic heterocycles. The van der Waals surface area contributed by atoms with E-state index >= 15 is 0 Å². The number of nitrogens with one attached hydrogen (secondary N) is 1. The summed E-state index contributed by atoms with van der Waals surface area (Å²) in [6.07, 6.45) is 4.59. The van der Waals surface area contributed by atoms with Crippen LogP contribution in [0, 0.1) is 0 Å². The van der Waals surface area contributed by atoms with Crippen molar-refractivity contribution in [3.8, 4) is 0 Å². The van der Waals surface area contributed by atoms with Gasteiger partial charge in [-0.1, -0.05) is 12.8 Å². The van der Waals surface area contributed by atoms with E-state index < -0.39 is 12.7 Å². The molecule has 5 nitrogen and oxygen atoms in total. The van der Waals surface area contributed by atoms with Crippen LogP contribution in [0.4, 0.5) is 0 Å². The lowest BCUT2D eigenvalue weighted by molar-refractivity contribution is -0.145. The van der Waals surface area contributed by atoms with Gasteiger partial charge in [-0.3, -0.25) is 4.79 Å². The fraction of sp³-hybridized carbons (Fsp3) is 0.900. The lowest BCUT2D eigenvalue weighted by atomic mass is 9.75. The smallest absolute Gasteiger partial charge is 0.508 e. The molecule has 0 amide bonds. The predicted molar refractivity (Wildman–Crippen MR) is 60.7 cm³/mol. The van der Waals surface area contributed by atoms with Crippen LogP contribution in [0.25, 0.3) is 0 Å². The normalized spacial score (nSPS) is 36.8. The summed E-state index contributed by atoms with van der Waals surface area (Å²) in [4.78, 5) is 12.0. The Morgan fingerprint density at radius 2 is 2.38 bits per heavy atom. The minimum atomic E-state index is -0.954. The molecule has 0 aromatic heterocycles. The topological polar surface area (TPSA) is 84.6 Å². The van der Waals surface area contributed by atoms with Crippen LogP contribution in [0.15, 0.2) is 0 Å². The largest absolute Gasteiger partial charge is 0.524 e. The summed E-state index contributed by atoms with van der Waals surface area (Å²) in [7, 11) is -0.954. The summed E-state index contributed by atoms with van der Waals surface area (Å²) in [5.74, 6) is -0.338. The van der Waals surface area contributed by atoms with E-state index in [-0.39, 0.29) is 12.0 Å². The highest BCUT2D eigenvalue weighted by Crippen LogP contribution is 2.28. The molecule has 2 saturated heterocycles. The third-order valence-electron chi connectivity index (χ3n) is 3.53. The van der Waals surface area contributed by atoms with Gasteiger partial charge in [0.05, 0.1) is 0 Å². The summed E-state index contributed by atoms with van der Waals surface area (Å²) < 4.78 is 5.03. The quantitative estimate of drug-likeness (QED) is 0.491. The van der Waals surface area contributed by atoms with Crippen molar-refractivity contribution in [2.24, 2.45) is 5.73 Å². The van der Waals surface area contributed by atoms with Gasteiger partial charge < -0.3 is 20.7 Å². The summed E-state index contributed by atoms with van der Waals surface area (Å²) >= 11 is 0. The van der Waals surface area contributed by atoms with Gasteiger partial charge in [0.2, 0.25) is 0 Å². The van der Waals surface area contributed by atoms with Crippen molar-refractivity contribution in [2.75, 3.05) is 6.54 Å². The van der Waals surface area contributed by atoms with Crippen LogP contribution in [0.5, 0.6) is 0 Å². The highest BCUT2D eigenvalue weighted by Gasteiger charge is 2.44. The zero-order valence-electron chi connectivity index (χ0n) is 9.45. The van der Waals surface area contributed by atoms with E-state index in [2.05, 4.69) is 5.32 Å². The van der Waals surface area contributed by atoms with Crippen molar-refractivity contribution in [1.29, 1.82) is 0 Å². The Hall–Kier alpha value is -0.585. The summed E-state index contributed by atoms with van der Waals surface area (Å²) in [6, 6.07) is 0.0466. The predicted octanol–water partition coefficient (Wildman–Crippen LogP) is -0.357. The molecular weight excluding hydrogens is 207 g/mol. The van der Waals surface area contributed by atoms with Crippen molar-refractivity contribution in [1.82, 2.24) is 5.32 Å². The van der Waals surface area contributed by atoms with E-state index in [0.717, 1.165) is 32.2 Å². The van der Waals surface area contributed by atoms with Gasteiger partial charge in [0, 0.05) is 6.04 Å². The molecule has 2 heterocycles. The zero-order chi connectivity index (χ0) is 11.6. The SMILES string of the molecule is N[C@H]1CCN[C@@]2(CCCCB(O)OC2=O)C1. The fourth-order valence-electron chi connectivity index (χ4n) is 2.61. The molecule has 0 unspecified atom stereocenters. The lowest BCUT2D eigenvalue weighted by Crippen LogP contribution is -2.61. The fourth-order valence-corrected chi connectivity index (χ4v) is 2.61. The Morgan fingerprint density at radius 1 is 1.56 bits per heavy atom. The highest BCUT2D eigenvalue weighted by atomic mass is 16.6. The van der Waals surface area contributed by atoms with Crippen LogP contribution in [-0.4, -0.2) is 36.2 Å². The average Bonchev–Trinajstić information content (AvgIpc) is 2.23. The number of nitrogens with two attached hydrogens (primary N) is 1. The van der Waals surface area contributed by atoms with Crippen molar-refractivity contribution >= 4 is 13.1 Å². The molecule has 2 fully saturated rings. The second-order valence-corrected chi connectivity index (χ2v) is 4.87. The molecule has 2 aliphatic rings. The Balaban J connectivity index is 2.12. The zero-order valence-corrected chi connectivity index (χ0v) is 9.45. The third-order valence-corrected chi connectivity index (χ3v) is 3.53. The van der Waals surface area contributed by atoms with Crippen molar-refractivity contribution < 1.29 is 14.5 Å². The van der Waals surface area contributed by atoms with Gasteiger partial charge in [-0.2, -0.15) is 0 Å². The molecular formula is C10H19BN2O3. The molecule has 16 heavy (non-hydrogen) atoms. The maximum atomic E-state index is 12.0. The number of carbonyl (C=O) groups excluding carboxylic acids is 1. The Labute approximate surface area is 95.9 Å². The molecule has 6 heteroatoms. The number of rotatable bonds is 0. The molecule has 0 bridgehead atoms. The van der Waals surface area contributed by atoms with Crippen LogP contribution < -0.4 is 11.1 Å². The highest BCUT2D eigenvalue weighted by molar-refractivity contribution is 6.45. The van der Waals surface area contributed by atoms with Gasteiger partial charge in [0.1, 0.15) is 5.54 Å². The van der Waals surface area contributed by atoms with E-state index in [9.17, 15) is 9.82 Å². The van der Waals surface area contributed by atoms with Gasteiger partial charge >= 0.3 is 13.1 Å². The molecule has 90 valence electrons. The molecule has 4 N–H and O–H groups in total. The Kier molecular flexibility index (Phi) is 3.52. The third kappa shape index (κ3) is 2.39. The maximum Gasteiger partial charge on any atom is 0.524 e. The first-order valence-electron chi connectivity index (χ1n) is 6.02. The maximum absolute atomic E-state index is 12.0. The number of hydrogen-bond donors (Lipinski definition) is 3. The Bertz CT molecular complexity index is 277. The van der Waals surface area contributed by atoms with Crippen LogP contribution >= 0.6 is 0 Å². The van der Waals surface area contributed by atoms with E-state index in [4.69, 9.17) is 10.4 Å². The van der Waals surface area contributed by atoms with E-state index in [1.807, 2.05) is 0 Å². The van der Waals surface area contributed by atoms with E-state index in [1.54, 1.807) is 0 Å². The molecule has 0 saturated carbocycles. The minimum Gasteiger partial charge on any atom is -0.508 e. The molecule has 1 spiro atoms. The van der Waals surface area contributed by atoms with Crippen LogP contribution in [-0.2, 0) is 9.45 Å². The van der Waals surface area contributed by atoms with Crippen molar-refractivity contribution in [2.45, 2.75) is 50.0 Å². The van der Waals surface area contributed by atoms with Crippen LogP contribution in [0.1, 0.15) is 32.1 Å². The van der Waals surface area contributed by atoms with Crippen LogP contribution in [0.2, 0.25) is 6.32 Å². The van der Waals surface area contributed by atoms with E-state index in [0.29, 0.717) is 12.7 Å². The second-order valence-electron chi connectivity index (χ2n) is 4.87. The number of hydrogen-bond acceptors (Lipinski definition) is 5. The molecule has 0 aliphatic carbocycles. The molecule has 0 aromatic rings. The van der Waals surface area contributed by atoms with Gasteiger partial charge in [-0.25, -0.2) is 0 Å². The van der Waals surface area contributed by atoms with Gasteiger partial charge in [-0.05, 0) is 32.1 Å².